The molecule has 2 rings (SSSR count). The van der Waals surface area contributed by atoms with E-state index in [2.05, 4.69) is 26.1 Å². The summed E-state index contributed by atoms with van der Waals surface area (Å²) >= 11 is 0. The van der Waals surface area contributed by atoms with Crippen LogP contribution in [0.1, 0.15) is 32.8 Å². The summed E-state index contributed by atoms with van der Waals surface area (Å²) in [5.41, 5.74) is 1.84. The highest BCUT2D eigenvalue weighted by atomic mass is 32.2. The van der Waals surface area contributed by atoms with E-state index in [1.165, 1.54) is 0 Å². The smallest absolute Gasteiger partial charge is 0.238 e. The van der Waals surface area contributed by atoms with Gasteiger partial charge in [-0.3, -0.25) is 9.69 Å². The molecule has 128 valence electrons. The molecule has 0 aliphatic carbocycles. The third-order valence-electron chi connectivity index (χ3n) is 4.23. The van der Waals surface area contributed by atoms with Gasteiger partial charge in [0.15, 0.2) is 9.84 Å². The number of nitrogens with zero attached hydrogens (tertiary/aromatic N) is 1. The minimum atomic E-state index is -2.93. The highest BCUT2D eigenvalue weighted by Crippen LogP contribution is 2.29. The van der Waals surface area contributed by atoms with Gasteiger partial charge in [-0.2, -0.15) is 0 Å². The van der Waals surface area contributed by atoms with E-state index in [1.807, 2.05) is 29.2 Å². The Hall–Kier alpha value is -1.40. The van der Waals surface area contributed by atoms with Crippen molar-refractivity contribution in [1.29, 1.82) is 0 Å². The standard InChI is InChI=1S/C17H26N2O3S/c1-17(2,3)14-7-5-6-8-15(14)18-16(20)11-19(4)13-9-10-23(21,22)12-13/h5-8,13H,9-12H2,1-4H3,(H,18,20). The zero-order valence-corrected chi connectivity index (χ0v) is 15.1. The molecule has 1 N–H and O–H groups in total. The predicted octanol–water partition coefficient (Wildman–Crippen LogP) is 2.04. The van der Waals surface area contributed by atoms with Crippen molar-refractivity contribution in [3.05, 3.63) is 29.8 Å². The second kappa shape index (κ2) is 6.61. The van der Waals surface area contributed by atoms with Gasteiger partial charge in [0, 0.05) is 11.7 Å². The van der Waals surface area contributed by atoms with E-state index in [-0.39, 0.29) is 35.4 Å². The van der Waals surface area contributed by atoms with Crippen molar-refractivity contribution in [2.24, 2.45) is 0 Å². The van der Waals surface area contributed by atoms with Gasteiger partial charge in [0.1, 0.15) is 0 Å². The molecule has 1 aliphatic rings. The average molecular weight is 338 g/mol. The number of anilines is 1. The van der Waals surface area contributed by atoms with E-state index in [4.69, 9.17) is 0 Å². The van der Waals surface area contributed by atoms with Crippen LogP contribution < -0.4 is 5.32 Å². The van der Waals surface area contributed by atoms with Crippen molar-refractivity contribution < 1.29 is 13.2 Å². The molecule has 1 aliphatic heterocycles. The van der Waals surface area contributed by atoms with Crippen molar-refractivity contribution in [1.82, 2.24) is 4.90 Å². The number of likely N-dealkylation sites (N-methyl/N-ethyl adjacent to an activating group) is 1. The molecule has 1 aromatic rings. The number of hydrogen-bond donors (Lipinski definition) is 1. The summed E-state index contributed by atoms with van der Waals surface area (Å²) in [7, 11) is -1.13. The highest BCUT2D eigenvalue weighted by molar-refractivity contribution is 7.91. The van der Waals surface area contributed by atoms with Crippen molar-refractivity contribution in [2.75, 3.05) is 30.4 Å². The fourth-order valence-corrected chi connectivity index (χ4v) is 4.72. The molecule has 0 spiro atoms. The van der Waals surface area contributed by atoms with Crippen molar-refractivity contribution in [3.63, 3.8) is 0 Å². The van der Waals surface area contributed by atoms with Crippen LogP contribution in [-0.2, 0) is 20.0 Å². The van der Waals surface area contributed by atoms with E-state index >= 15 is 0 Å². The number of para-hydroxylation sites is 1. The first-order chi connectivity index (χ1) is 10.6. The molecule has 0 saturated carbocycles. The van der Waals surface area contributed by atoms with Crippen LogP contribution in [0.2, 0.25) is 0 Å². The summed E-state index contributed by atoms with van der Waals surface area (Å²) in [6, 6.07) is 7.72. The van der Waals surface area contributed by atoms with Crippen molar-refractivity contribution in [2.45, 2.75) is 38.6 Å². The zero-order valence-electron chi connectivity index (χ0n) is 14.3. The predicted molar refractivity (Wildman–Crippen MR) is 93.5 cm³/mol. The highest BCUT2D eigenvalue weighted by Gasteiger charge is 2.31. The second-order valence-corrected chi connectivity index (χ2v) is 9.54. The quantitative estimate of drug-likeness (QED) is 0.912. The normalized spacial score (nSPS) is 20.7. The minimum Gasteiger partial charge on any atom is -0.325 e. The van der Waals surface area contributed by atoms with Gasteiger partial charge in [-0.1, -0.05) is 39.0 Å². The molecule has 1 saturated heterocycles. The maximum atomic E-state index is 12.3. The topological polar surface area (TPSA) is 66.5 Å². The van der Waals surface area contributed by atoms with Crippen LogP contribution in [0.3, 0.4) is 0 Å². The Bertz CT molecular complexity index is 677. The van der Waals surface area contributed by atoms with Gasteiger partial charge < -0.3 is 5.32 Å². The molecule has 6 heteroatoms. The molecular weight excluding hydrogens is 312 g/mol. The monoisotopic (exact) mass is 338 g/mol. The van der Waals surface area contributed by atoms with Gasteiger partial charge in [0.05, 0.1) is 18.1 Å². The zero-order chi connectivity index (χ0) is 17.3. The summed E-state index contributed by atoms with van der Waals surface area (Å²) < 4.78 is 23.1. The first kappa shape index (κ1) is 17.9. The summed E-state index contributed by atoms with van der Waals surface area (Å²) in [6.45, 7) is 6.51. The second-order valence-electron chi connectivity index (χ2n) is 7.32. The van der Waals surface area contributed by atoms with Crippen LogP contribution in [0.15, 0.2) is 24.3 Å². The van der Waals surface area contributed by atoms with Crippen LogP contribution in [-0.4, -0.2) is 50.4 Å². The van der Waals surface area contributed by atoms with E-state index < -0.39 is 9.84 Å². The van der Waals surface area contributed by atoms with E-state index in [1.54, 1.807) is 7.05 Å². The lowest BCUT2D eigenvalue weighted by Crippen LogP contribution is -2.38. The van der Waals surface area contributed by atoms with Crippen molar-refractivity contribution in [3.8, 4) is 0 Å². The van der Waals surface area contributed by atoms with E-state index in [9.17, 15) is 13.2 Å². The molecule has 1 unspecified atom stereocenters. The molecule has 0 bridgehead atoms. The summed E-state index contributed by atoms with van der Waals surface area (Å²) in [5.74, 6) is 0.250. The van der Waals surface area contributed by atoms with Gasteiger partial charge in [0.2, 0.25) is 5.91 Å². The van der Waals surface area contributed by atoms with Gasteiger partial charge in [-0.05, 0) is 30.5 Å². The van der Waals surface area contributed by atoms with Crippen LogP contribution in [0, 0.1) is 0 Å². The lowest BCUT2D eigenvalue weighted by molar-refractivity contribution is -0.117. The third kappa shape index (κ3) is 4.78. The fraction of sp³-hybridized carbons (Fsp3) is 0.588. The SMILES string of the molecule is CN(CC(=O)Nc1ccccc1C(C)(C)C)C1CCS(=O)(=O)C1. The lowest BCUT2D eigenvalue weighted by Gasteiger charge is -2.25. The Morgan fingerprint density at radius 1 is 1.30 bits per heavy atom. The number of carbonyl (C=O) groups is 1. The van der Waals surface area contributed by atoms with Crippen molar-refractivity contribution >= 4 is 21.4 Å². The Labute approximate surface area is 139 Å². The Morgan fingerprint density at radius 2 is 1.96 bits per heavy atom. The molecule has 1 atom stereocenters. The van der Waals surface area contributed by atoms with Crippen LogP contribution in [0.5, 0.6) is 0 Å². The Balaban J connectivity index is 2.01. The van der Waals surface area contributed by atoms with Gasteiger partial charge in [-0.25, -0.2) is 8.42 Å². The molecule has 1 fully saturated rings. The molecule has 5 nitrogen and oxygen atoms in total. The summed E-state index contributed by atoms with van der Waals surface area (Å²) in [6.07, 6.45) is 0.602. The molecule has 23 heavy (non-hydrogen) atoms. The summed E-state index contributed by atoms with van der Waals surface area (Å²) in [4.78, 5) is 14.2. The number of benzene rings is 1. The van der Waals surface area contributed by atoms with Gasteiger partial charge in [0.25, 0.3) is 0 Å². The number of carbonyl (C=O) groups excluding carboxylic acids is 1. The number of hydrogen-bond acceptors (Lipinski definition) is 4. The molecular formula is C17H26N2O3S. The minimum absolute atomic E-state index is 0.0602. The molecule has 0 radical (unpaired) electrons. The Morgan fingerprint density at radius 3 is 2.52 bits per heavy atom. The first-order valence-electron chi connectivity index (χ1n) is 7.88. The number of rotatable bonds is 4. The molecule has 1 heterocycles. The van der Waals surface area contributed by atoms with E-state index in [0.29, 0.717) is 6.42 Å². The van der Waals surface area contributed by atoms with E-state index in [0.717, 1.165) is 11.3 Å². The summed E-state index contributed by atoms with van der Waals surface area (Å²) in [5, 5.41) is 2.96. The van der Waals surface area contributed by atoms with Crippen LogP contribution >= 0.6 is 0 Å². The largest absolute Gasteiger partial charge is 0.325 e. The molecule has 1 amide bonds. The van der Waals surface area contributed by atoms with Gasteiger partial charge in [-0.15, -0.1) is 0 Å². The Kier molecular flexibility index (Phi) is 5.16. The maximum absolute atomic E-state index is 12.3. The number of sulfone groups is 1. The fourth-order valence-electron chi connectivity index (χ4n) is 2.91. The number of nitrogens with one attached hydrogen (secondary N) is 1. The molecule has 1 aromatic carbocycles. The van der Waals surface area contributed by atoms with Crippen LogP contribution in [0.25, 0.3) is 0 Å². The molecule has 0 aromatic heterocycles. The van der Waals surface area contributed by atoms with Gasteiger partial charge >= 0.3 is 0 Å². The van der Waals surface area contributed by atoms with Crippen LogP contribution in [0.4, 0.5) is 5.69 Å². The average Bonchev–Trinajstić information content (AvgIpc) is 2.78. The number of amides is 1. The third-order valence-corrected chi connectivity index (χ3v) is 5.98. The maximum Gasteiger partial charge on any atom is 0.238 e. The lowest BCUT2D eigenvalue weighted by atomic mass is 9.86. The first-order valence-corrected chi connectivity index (χ1v) is 9.71.